The summed E-state index contributed by atoms with van der Waals surface area (Å²) in [6, 6.07) is 0. The molecule has 4 atom stereocenters. The molecule has 0 amide bonds. The number of carbonyl (C=O) groups is 1. The summed E-state index contributed by atoms with van der Waals surface area (Å²) >= 11 is 0. The summed E-state index contributed by atoms with van der Waals surface area (Å²) in [6.07, 6.45) is 18.6. The van der Waals surface area contributed by atoms with Gasteiger partial charge in [0.2, 0.25) is 0 Å². The van der Waals surface area contributed by atoms with Gasteiger partial charge in [-0.25, -0.2) is 0 Å². The maximum atomic E-state index is 10.7. The Morgan fingerprint density at radius 3 is 2.59 bits per heavy atom. The lowest BCUT2D eigenvalue weighted by Gasteiger charge is -2.45. The lowest BCUT2D eigenvalue weighted by molar-refractivity contribution is -0.316. The number of hydrogen-bond acceptors (Lipinski definition) is 5. The van der Waals surface area contributed by atoms with E-state index in [2.05, 4.69) is 39.0 Å². The van der Waals surface area contributed by atoms with Crippen molar-refractivity contribution in [1.29, 1.82) is 0 Å². The number of carboxylic acids is 1. The summed E-state index contributed by atoms with van der Waals surface area (Å²) in [5.74, 6) is -0.604. The molecule has 3 aliphatic rings. The van der Waals surface area contributed by atoms with Crippen molar-refractivity contribution in [2.45, 2.75) is 110 Å². The molecule has 2 heterocycles. The molecule has 6 heteroatoms. The zero-order valence-corrected chi connectivity index (χ0v) is 21.5. The van der Waals surface area contributed by atoms with Crippen LogP contribution in [0.15, 0.2) is 24.3 Å². The fourth-order valence-corrected chi connectivity index (χ4v) is 5.31. The lowest BCUT2D eigenvalue weighted by atomic mass is 9.85. The Balaban J connectivity index is 1.64. The number of carboxylic acid groups (broad SMARTS) is 1. The molecule has 1 spiro atoms. The summed E-state index contributed by atoms with van der Waals surface area (Å²) in [7, 11) is 0. The molecular weight excluding hydrogens is 432 g/mol. The SMILES string of the molecule is CCCC(/C=C/C1CCC2(OCC(C)(C)CO2)C1CC/C=C\CCC(=O)O)OC1CCCCO1. The monoisotopic (exact) mass is 478 g/mol. The molecule has 0 radical (unpaired) electrons. The van der Waals surface area contributed by atoms with E-state index in [4.69, 9.17) is 24.1 Å². The fourth-order valence-electron chi connectivity index (χ4n) is 5.31. The molecule has 6 nitrogen and oxygen atoms in total. The first-order chi connectivity index (χ1) is 16.3. The number of aliphatic carboxylic acids is 1. The molecule has 194 valence electrons. The number of allylic oxidation sites excluding steroid dienone is 3. The van der Waals surface area contributed by atoms with Crippen molar-refractivity contribution < 1.29 is 28.8 Å². The van der Waals surface area contributed by atoms with E-state index in [0.717, 1.165) is 71.2 Å². The summed E-state index contributed by atoms with van der Waals surface area (Å²) in [6.45, 7) is 8.80. The van der Waals surface area contributed by atoms with Crippen LogP contribution in [0.2, 0.25) is 0 Å². The Kier molecular flexibility index (Phi) is 10.6. The summed E-state index contributed by atoms with van der Waals surface area (Å²) in [4.78, 5) is 10.7. The van der Waals surface area contributed by atoms with Gasteiger partial charge in [0.05, 0.1) is 19.3 Å². The molecule has 34 heavy (non-hydrogen) atoms. The van der Waals surface area contributed by atoms with Crippen molar-refractivity contribution in [1.82, 2.24) is 0 Å². The molecule has 2 aliphatic heterocycles. The van der Waals surface area contributed by atoms with E-state index in [1.807, 2.05) is 6.08 Å². The molecule has 0 bridgehead atoms. The Labute approximate surface area is 206 Å². The minimum atomic E-state index is -0.751. The first kappa shape index (κ1) is 27.4. The zero-order valence-electron chi connectivity index (χ0n) is 21.5. The molecule has 2 saturated heterocycles. The van der Waals surface area contributed by atoms with Crippen molar-refractivity contribution in [2.24, 2.45) is 17.3 Å². The quantitative estimate of drug-likeness (QED) is 0.334. The third kappa shape index (κ3) is 8.18. The Hall–Kier alpha value is -1.21. The summed E-state index contributed by atoms with van der Waals surface area (Å²) in [5, 5.41) is 8.84. The predicted molar refractivity (Wildman–Crippen MR) is 132 cm³/mol. The van der Waals surface area contributed by atoms with Gasteiger partial charge in [-0.3, -0.25) is 4.79 Å². The molecule has 0 aromatic rings. The van der Waals surface area contributed by atoms with E-state index in [9.17, 15) is 4.79 Å². The maximum Gasteiger partial charge on any atom is 0.303 e. The molecule has 1 aliphatic carbocycles. The zero-order chi connectivity index (χ0) is 24.4. The average molecular weight is 479 g/mol. The standard InChI is InChI=1S/C28H46O6/c1-4-11-23(34-26-14-9-10-19-31-26)16-15-22-17-18-28(32-20-27(2,3)21-33-28)24(22)12-7-5-6-8-13-25(29)30/h5-6,15-16,22-24,26H,4,7-14,17-21H2,1-3H3,(H,29,30)/b6-5-,16-15+. The fraction of sp³-hybridized carbons (Fsp3) is 0.821. The average Bonchev–Trinajstić information content (AvgIpc) is 3.14. The minimum absolute atomic E-state index is 0.0422. The van der Waals surface area contributed by atoms with Crippen LogP contribution in [0.5, 0.6) is 0 Å². The van der Waals surface area contributed by atoms with Gasteiger partial charge in [0, 0.05) is 30.8 Å². The number of hydrogen-bond donors (Lipinski definition) is 1. The van der Waals surface area contributed by atoms with Gasteiger partial charge in [-0.15, -0.1) is 0 Å². The van der Waals surface area contributed by atoms with Crippen molar-refractivity contribution in [3.63, 3.8) is 0 Å². The van der Waals surface area contributed by atoms with Crippen LogP contribution in [-0.4, -0.2) is 49.1 Å². The number of rotatable bonds is 12. The van der Waals surface area contributed by atoms with Gasteiger partial charge in [-0.2, -0.15) is 0 Å². The van der Waals surface area contributed by atoms with Gasteiger partial charge < -0.3 is 24.1 Å². The van der Waals surface area contributed by atoms with Gasteiger partial charge in [-0.1, -0.05) is 51.5 Å². The largest absolute Gasteiger partial charge is 0.481 e. The molecule has 0 aromatic heterocycles. The van der Waals surface area contributed by atoms with E-state index in [1.165, 1.54) is 6.42 Å². The van der Waals surface area contributed by atoms with E-state index in [-0.39, 0.29) is 30.1 Å². The Bertz CT molecular complexity index is 668. The van der Waals surface area contributed by atoms with E-state index in [0.29, 0.717) is 12.3 Å². The second-order valence-electron chi connectivity index (χ2n) is 11.0. The predicted octanol–water partition coefficient (Wildman–Crippen LogP) is 6.25. The van der Waals surface area contributed by atoms with E-state index in [1.54, 1.807) is 0 Å². The van der Waals surface area contributed by atoms with Crippen LogP contribution >= 0.6 is 0 Å². The van der Waals surface area contributed by atoms with Crippen LogP contribution in [0.3, 0.4) is 0 Å². The highest BCUT2D eigenvalue weighted by atomic mass is 16.7. The van der Waals surface area contributed by atoms with Crippen LogP contribution in [0.4, 0.5) is 0 Å². The highest BCUT2D eigenvalue weighted by molar-refractivity contribution is 5.66. The van der Waals surface area contributed by atoms with Gasteiger partial charge in [0.1, 0.15) is 0 Å². The van der Waals surface area contributed by atoms with Crippen LogP contribution in [0.25, 0.3) is 0 Å². The van der Waals surface area contributed by atoms with Crippen molar-refractivity contribution in [3.8, 4) is 0 Å². The Morgan fingerprint density at radius 2 is 1.91 bits per heavy atom. The molecule has 0 aromatic carbocycles. The molecular formula is C28H46O6. The van der Waals surface area contributed by atoms with Crippen LogP contribution in [0.1, 0.15) is 91.4 Å². The van der Waals surface area contributed by atoms with E-state index >= 15 is 0 Å². The lowest BCUT2D eigenvalue weighted by Crippen LogP contribution is -2.50. The molecule has 1 saturated carbocycles. The number of ether oxygens (including phenoxy) is 4. The van der Waals surface area contributed by atoms with Crippen molar-refractivity contribution in [3.05, 3.63) is 24.3 Å². The highest BCUT2D eigenvalue weighted by Gasteiger charge is 2.52. The molecule has 3 fully saturated rings. The van der Waals surface area contributed by atoms with Crippen molar-refractivity contribution >= 4 is 5.97 Å². The molecule has 1 N–H and O–H groups in total. The Morgan fingerprint density at radius 1 is 1.15 bits per heavy atom. The van der Waals surface area contributed by atoms with Crippen LogP contribution < -0.4 is 0 Å². The normalized spacial score (nSPS) is 29.8. The third-order valence-corrected chi connectivity index (χ3v) is 7.27. The third-order valence-electron chi connectivity index (χ3n) is 7.27. The van der Waals surface area contributed by atoms with Crippen LogP contribution in [-0.2, 0) is 23.7 Å². The minimum Gasteiger partial charge on any atom is -0.481 e. The van der Waals surface area contributed by atoms with Gasteiger partial charge in [-0.05, 0) is 57.3 Å². The maximum absolute atomic E-state index is 10.7. The topological polar surface area (TPSA) is 74.2 Å². The smallest absolute Gasteiger partial charge is 0.303 e. The first-order valence-corrected chi connectivity index (χ1v) is 13.4. The van der Waals surface area contributed by atoms with Gasteiger partial charge in [0.15, 0.2) is 12.1 Å². The summed E-state index contributed by atoms with van der Waals surface area (Å²) in [5.41, 5.74) is 0.0422. The second kappa shape index (κ2) is 13.2. The second-order valence-corrected chi connectivity index (χ2v) is 11.0. The van der Waals surface area contributed by atoms with Crippen molar-refractivity contribution in [2.75, 3.05) is 19.8 Å². The molecule has 3 rings (SSSR count). The first-order valence-electron chi connectivity index (χ1n) is 13.4. The van der Waals surface area contributed by atoms with Gasteiger partial charge >= 0.3 is 5.97 Å². The summed E-state index contributed by atoms with van der Waals surface area (Å²) < 4.78 is 25.0. The van der Waals surface area contributed by atoms with E-state index < -0.39 is 11.8 Å². The van der Waals surface area contributed by atoms with Crippen LogP contribution in [0, 0.1) is 17.3 Å². The van der Waals surface area contributed by atoms with Gasteiger partial charge in [0.25, 0.3) is 0 Å². The molecule has 4 unspecified atom stereocenters. The highest BCUT2D eigenvalue weighted by Crippen LogP contribution is 2.50.